The van der Waals surface area contributed by atoms with E-state index in [1.807, 2.05) is 44.2 Å². The van der Waals surface area contributed by atoms with E-state index in [-0.39, 0.29) is 5.78 Å². The van der Waals surface area contributed by atoms with Gasteiger partial charge >= 0.3 is 0 Å². The summed E-state index contributed by atoms with van der Waals surface area (Å²) in [7, 11) is 1.80. The standard InChI is InChI=1S/C18H19ClN4OS2/c1-11-8-14(16(24)10-25-18-22-21-17(20-3)26-18)12(2)23(11)9-13-6-4-5-7-15(13)19/h4-8H,9-10H2,1-3H3,(H,20,21). The Morgan fingerprint density at radius 3 is 2.77 bits per heavy atom. The predicted molar refractivity (Wildman–Crippen MR) is 109 cm³/mol. The van der Waals surface area contributed by atoms with Crippen LogP contribution in [0.3, 0.4) is 0 Å². The number of halogens is 1. The summed E-state index contributed by atoms with van der Waals surface area (Å²) in [5.74, 6) is 0.434. The van der Waals surface area contributed by atoms with E-state index < -0.39 is 0 Å². The molecule has 2 heterocycles. The molecule has 5 nitrogen and oxygen atoms in total. The molecular weight excluding hydrogens is 388 g/mol. The van der Waals surface area contributed by atoms with Crippen molar-refractivity contribution in [2.45, 2.75) is 24.7 Å². The van der Waals surface area contributed by atoms with E-state index in [0.29, 0.717) is 12.3 Å². The van der Waals surface area contributed by atoms with Gasteiger partial charge in [-0.25, -0.2) is 0 Å². The van der Waals surface area contributed by atoms with Crippen molar-refractivity contribution in [3.8, 4) is 0 Å². The monoisotopic (exact) mass is 406 g/mol. The summed E-state index contributed by atoms with van der Waals surface area (Å²) in [6.07, 6.45) is 0. The summed E-state index contributed by atoms with van der Waals surface area (Å²) in [6, 6.07) is 9.73. The summed E-state index contributed by atoms with van der Waals surface area (Å²) in [5.41, 5.74) is 3.79. The lowest BCUT2D eigenvalue weighted by molar-refractivity contribution is 0.102. The molecule has 136 valence electrons. The fraction of sp³-hybridized carbons (Fsp3) is 0.278. The minimum atomic E-state index is 0.0923. The number of benzene rings is 1. The molecule has 1 N–H and O–H groups in total. The maximum atomic E-state index is 12.7. The van der Waals surface area contributed by atoms with Crippen LogP contribution in [0.15, 0.2) is 34.7 Å². The first-order valence-electron chi connectivity index (χ1n) is 8.07. The fourth-order valence-electron chi connectivity index (χ4n) is 2.70. The number of nitrogens with zero attached hydrogens (tertiary/aromatic N) is 3. The summed E-state index contributed by atoms with van der Waals surface area (Å²) >= 11 is 9.14. The van der Waals surface area contributed by atoms with Crippen molar-refractivity contribution in [1.29, 1.82) is 0 Å². The van der Waals surface area contributed by atoms with Crippen molar-refractivity contribution in [2.75, 3.05) is 18.1 Å². The molecule has 0 spiro atoms. The highest BCUT2D eigenvalue weighted by atomic mass is 35.5. The molecule has 26 heavy (non-hydrogen) atoms. The Kier molecular flexibility index (Phi) is 6.01. The van der Waals surface area contributed by atoms with Gasteiger partial charge in [0.1, 0.15) is 0 Å². The molecule has 0 radical (unpaired) electrons. The van der Waals surface area contributed by atoms with Gasteiger partial charge in [-0.05, 0) is 31.5 Å². The second-order valence-electron chi connectivity index (χ2n) is 5.80. The van der Waals surface area contributed by atoms with Crippen molar-refractivity contribution in [3.05, 3.63) is 57.9 Å². The van der Waals surface area contributed by atoms with Gasteiger partial charge in [-0.15, -0.1) is 10.2 Å². The number of hydrogen-bond donors (Lipinski definition) is 1. The molecule has 8 heteroatoms. The molecule has 0 saturated heterocycles. The Balaban J connectivity index is 1.74. The van der Waals surface area contributed by atoms with Gasteiger partial charge in [-0.1, -0.05) is 52.9 Å². The zero-order chi connectivity index (χ0) is 18.7. The highest BCUT2D eigenvalue weighted by molar-refractivity contribution is 8.01. The lowest BCUT2D eigenvalue weighted by atomic mass is 10.2. The van der Waals surface area contributed by atoms with Crippen molar-refractivity contribution < 1.29 is 4.79 Å². The third kappa shape index (κ3) is 4.11. The highest BCUT2D eigenvalue weighted by Crippen LogP contribution is 2.27. The molecule has 0 amide bonds. The van der Waals surface area contributed by atoms with Gasteiger partial charge in [0.15, 0.2) is 10.1 Å². The van der Waals surface area contributed by atoms with Crippen molar-refractivity contribution >= 4 is 45.6 Å². The summed E-state index contributed by atoms with van der Waals surface area (Å²) < 4.78 is 2.91. The molecule has 2 aromatic heterocycles. The second-order valence-corrected chi connectivity index (χ2v) is 8.40. The van der Waals surface area contributed by atoms with Gasteiger partial charge in [0.25, 0.3) is 0 Å². The number of ketones is 1. The second kappa shape index (κ2) is 8.24. The van der Waals surface area contributed by atoms with E-state index in [0.717, 1.165) is 37.0 Å². The number of thioether (sulfide) groups is 1. The van der Waals surface area contributed by atoms with Crippen molar-refractivity contribution in [3.63, 3.8) is 0 Å². The summed E-state index contributed by atoms with van der Waals surface area (Å²) in [5, 5.41) is 12.5. The van der Waals surface area contributed by atoms with Gasteiger partial charge in [-0.2, -0.15) is 0 Å². The molecule has 0 fully saturated rings. The summed E-state index contributed by atoms with van der Waals surface area (Å²) in [4.78, 5) is 12.7. The maximum Gasteiger partial charge on any atom is 0.206 e. The van der Waals surface area contributed by atoms with Crippen LogP contribution in [0.2, 0.25) is 5.02 Å². The van der Waals surface area contributed by atoms with Crippen LogP contribution in [0.1, 0.15) is 27.3 Å². The van der Waals surface area contributed by atoms with Crippen molar-refractivity contribution in [2.24, 2.45) is 0 Å². The number of Topliss-reactive ketones (excluding diaryl/α,β-unsaturated/α-hetero) is 1. The first-order valence-corrected chi connectivity index (χ1v) is 10.2. The van der Waals surface area contributed by atoms with E-state index in [1.54, 1.807) is 7.05 Å². The summed E-state index contributed by atoms with van der Waals surface area (Å²) in [6.45, 7) is 4.64. The van der Waals surface area contributed by atoms with Crippen LogP contribution in [0.5, 0.6) is 0 Å². The van der Waals surface area contributed by atoms with Gasteiger partial charge < -0.3 is 9.88 Å². The Morgan fingerprint density at radius 2 is 2.08 bits per heavy atom. The third-order valence-corrected chi connectivity index (χ3v) is 6.55. The number of hydrogen-bond acceptors (Lipinski definition) is 6. The first kappa shape index (κ1) is 18.9. The minimum Gasteiger partial charge on any atom is -0.363 e. The molecule has 3 rings (SSSR count). The molecule has 0 aliphatic heterocycles. The first-order chi connectivity index (χ1) is 12.5. The molecular formula is C18H19ClN4OS2. The molecule has 0 saturated carbocycles. The van der Waals surface area contributed by atoms with Gasteiger partial charge in [0.05, 0.1) is 5.75 Å². The quantitative estimate of drug-likeness (QED) is 0.456. The number of aromatic nitrogens is 3. The van der Waals surface area contributed by atoms with Gasteiger partial charge in [0.2, 0.25) is 5.13 Å². The Morgan fingerprint density at radius 1 is 1.31 bits per heavy atom. The zero-order valence-corrected chi connectivity index (χ0v) is 17.1. The van der Waals surface area contributed by atoms with Gasteiger partial charge in [-0.3, -0.25) is 4.79 Å². The van der Waals surface area contributed by atoms with Crippen LogP contribution < -0.4 is 5.32 Å². The number of rotatable bonds is 7. The molecule has 0 aliphatic carbocycles. The lowest BCUT2D eigenvalue weighted by Crippen LogP contribution is -2.07. The Labute approximate surface area is 165 Å². The Bertz CT molecular complexity index is 935. The van der Waals surface area contributed by atoms with Crippen LogP contribution in [0.4, 0.5) is 5.13 Å². The number of aryl methyl sites for hydroxylation is 1. The average Bonchev–Trinajstić information content (AvgIpc) is 3.21. The normalized spacial score (nSPS) is 10.9. The van der Waals surface area contributed by atoms with Crippen LogP contribution in [-0.4, -0.2) is 33.3 Å². The third-order valence-electron chi connectivity index (χ3n) is 4.11. The molecule has 3 aromatic rings. The molecule has 0 atom stereocenters. The van der Waals surface area contributed by atoms with E-state index in [2.05, 4.69) is 20.1 Å². The number of carbonyl (C=O) groups is 1. The van der Waals surface area contributed by atoms with Crippen LogP contribution in [-0.2, 0) is 6.54 Å². The van der Waals surface area contributed by atoms with E-state index in [1.165, 1.54) is 23.1 Å². The smallest absolute Gasteiger partial charge is 0.206 e. The molecule has 0 bridgehead atoms. The average molecular weight is 407 g/mol. The largest absolute Gasteiger partial charge is 0.363 e. The number of carbonyl (C=O) groups excluding carboxylic acids is 1. The minimum absolute atomic E-state index is 0.0923. The zero-order valence-electron chi connectivity index (χ0n) is 14.7. The maximum absolute atomic E-state index is 12.7. The molecule has 0 aliphatic rings. The van der Waals surface area contributed by atoms with E-state index >= 15 is 0 Å². The SMILES string of the molecule is CNc1nnc(SCC(=O)c2cc(C)n(Cc3ccccc3Cl)c2C)s1. The van der Waals surface area contributed by atoms with Crippen LogP contribution >= 0.6 is 34.7 Å². The number of nitrogens with one attached hydrogen (secondary N) is 1. The Hall–Kier alpha value is -1.83. The fourth-order valence-corrected chi connectivity index (χ4v) is 4.48. The van der Waals surface area contributed by atoms with E-state index in [4.69, 9.17) is 11.6 Å². The number of anilines is 1. The van der Waals surface area contributed by atoms with Crippen molar-refractivity contribution in [1.82, 2.24) is 14.8 Å². The lowest BCUT2D eigenvalue weighted by Gasteiger charge is -2.11. The predicted octanol–water partition coefficient (Wildman–Crippen LogP) is 4.67. The highest BCUT2D eigenvalue weighted by Gasteiger charge is 2.17. The molecule has 0 unspecified atom stereocenters. The van der Waals surface area contributed by atoms with E-state index in [9.17, 15) is 4.79 Å². The van der Waals surface area contributed by atoms with Crippen LogP contribution in [0.25, 0.3) is 0 Å². The van der Waals surface area contributed by atoms with Gasteiger partial charge in [0, 0.05) is 35.6 Å². The topological polar surface area (TPSA) is 59.8 Å². The molecule has 1 aromatic carbocycles. The van der Waals surface area contributed by atoms with Crippen LogP contribution in [0, 0.1) is 13.8 Å².